The van der Waals surface area contributed by atoms with Gasteiger partial charge in [-0.2, -0.15) is 0 Å². The van der Waals surface area contributed by atoms with Crippen LogP contribution in [0.3, 0.4) is 0 Å². The van der Waals surface area contributed by atoms with Gasteiger partial charge in [0.1, 0.15) is 17.4 Å². The quantitative estimate of drug-likeness (QED) is 0.474. The SMILES string of the molecule is COc1ccc2nc(C)nc(N[C@H](C)c3cc(N)cc(-c4cncs4)c3)c2c1. The predicted octanol–water partition coefficient (Wildman–Crippen LogP) is 4.83. The Balaban J connectivity index is 1.72. The number of thiazole rings is 1. The zero-order valence-electron chi connectivity index (χ0n) is 15.9. The monoisotopic (exact) mass is 391 g/mol. The second-order valence-corrected chi connectivity index (χ2v) is 7.51. The number of benzene rings is 2. The second-order valence-electron chi connectivity index (χ2n) is 6.62. The molecule has 0 fully saturated rings. The first-order valence-electron chi connectivity index (χ1n) is 8.92. The lowest BCUT2D eigenvalue weighted by atomic mass is 10.0. The number of nitrogens with zero attached hydrogens (tertiary/aromatic N) is 3. The van der Waals surface area contributed by atoms with E-state index in [1.165, 1.54) is 0 Å². The molecule has 2 heterocycles. The molecule has 0 bridgehead atoms. The summed E-state index contributed by atoms with van der Waals surface area (Å²) in [5.41, 5.74) is 11.7. The maximum Gasteiger partial charge on any atom is 0.138 e. The van der Waals surface area contributed by atoms with Crippen molar-refractivity contribution in [2.75, 3.05) is 18.2 Å². The van der Waals surface area contributed by atoms with Crippen molar-refractivity contribution in [1.29, 1.82) is 0 Å². The van der Waals surface area contributed by atoms with Crippen molar-refractivity contribution in [3.63, 3.8) is 0 Å². The summed E-state index contributed by atoms with van der Waals surface area (Å²) in [6.45, 7) is 3.98. The number of hydrogen-bond donors (Lipinski definition) is 2. The van der Waals surface area contributed by atoms with Crippen LogP contribution in [-0.4, -0.2) is 22.1 Å². The van der Waals surface area contributed by atoms with Gasteiger partial charge in [-0.25, -0.2) is 9.97 Å². The molecule has 0 saturated carbocycles. The van der Waals surface area contributed by atoms with Crippen LogP contribution in [0, 0.1) is 6.92 Å². The van der Waals surface area contributed by atoms with Crippen LogP contribution >= 0.6 is 11.3 Å². The van der Waals surface area contributed by atoms with Gasteiger partial charge >= 0.3 is 0 Å². The van der Waals surface area contributed by atoms with Crippen LogP contribution in [0.4, 0.5) is 11.5 Å². The van der Waals surface area contributed by atoms with E-state index in [9.17, 15) is 0 Å². The molecule has 0 aliphatic heterocycles. The lowest BCUT2D eigenvalue weighted by molar-refractivity contribution is 0.415. The number of rotatable bonds is 5. The Kier molecular flexibility index (Phi) is 4.83. The molecule has 28 heavy (non-hydrogen) atoms. The highest BCUT2D eigenvalue weighted by molar-refractivity contribution is 7.13. The molecule has 0 aliphatic rings. The summed E-state index contributed by atoms with van der Waals surface area (Å²) in [7, 11) is 1.65. The van der Waals surface area contributed by atoms with E-state index in [0.717, 1.165) is 44.2 Å². The number of nitrogens with two attached hydrogens (primary N) is 1. The molecule has 1 atom stereocenters. The summed E-state index contributed by atoms with van der Waals surface area (Å²) in [5, 5.41) is 4.44. The van der Waals surface area contributed by atoms with Crippen molar-refractivity contribution in [2.24, 2.45) is 0 Å². The van der Waals surface area contributed by atoms with Crippen molar-refractivity contribution < 1.29 is 4.74 Å². The maximum absolute atomic E-state index is 6.16. The number of fused-ring (bicyclic) bond motifs is 1. The van der Waals surface area contributed by atoms with Crippen molar-refractivity contribution in [3.8, 4) is 16.2 Å². The van der Waals surface area contributed by atoms with Crippen LogP contribution in [0.1, 0.15) is 24.4 Å². The van der Waals surface area contributed by atoms with E-state index in [1.54, 1.807) is 18.4 Å². The predicted molar refractivity (Wildman–Crippen MR) is 115 cm³/mol. The largest absolute Gasteiger partial charge is 0.497 e. The number of methoxy groups -OCH3 is 1. The van der Waals surface area contributed by atoms with Crippen LogP contribution in [0.5, 0.6) is 5.75 Å². The van der Waals surface area contributed by atoms with Crippen LogP contribution in [0.2, 0.25) is 0 Å². The highest BCUT2D eigenvalue weighted by Gasteiger charge is 2.13. The van der Waals surface area contributed by atoms with Gasteiger partial charge in [0, 0.05) is 17.3 Å². The highest BCUT2D eigenvalue weighted by Crippen LogP contribution is 2.32. The first-order valence-corrected chi connectivity index (χ1v) is 9.79. The topological polar surface area (TPSA) is 86.0 Å². The molecule has 3 N–H and O–H groups in total. The summed E-state index contributed by atoms with van der Waals surface area (Å²) in [6, 6.07) is 11.9. The fraction of sp³-hybridized carbons (Fsp3) is 0.190. The lowest BCUT2D eigenvalue weighted by Crippen LogP contribution is -2.10. The zero-order valence-corrected chi connectivity index (χ0v) is 16.7. The Morgan fingerprint density at radius 1 is 1.14 bits per heavy atom. The third-order valence-corrected chi connectivity index (χ3v) is 5.38. The minimum atomic E-state index is -0.00104. The van der Waals surface area contributed by atoms with E-state index >= 15 is 0 Å². The van der Waals surface area contributed by atoms with Crippen molar-refractivity contribution >= 4 is 33.7 Å². The zero-order chi connectivity index (χ0) is 19.7. The van der Waals surface area contributed by atoms with Gasteiger partial charge in [0.15, 0.2) is 0 Å². The van der Waals surface area contributed by atoms with Crippen LogP contribution < -0.4 is 15.8 Å². The van der Waals surface area contributed by atoms with Crippen molar-refractivity contribution in [2.45, 2.75) is 19.9 Å². The average Bonchev–Trinajstić information content (AvgIpc) is 3.22. The van der Waals surface area contributed by atoms with E-state index in [-0.39, 0.29) is 6.04 Å². The normalized spacial score (nSPS) is 12.1. The summed E-state index contributed by atoms with van der Waals surface area (Å²) >= 11 is 1.60. The lowest BCUT2D eigenvalue weighted by Gasteiger charge is -2.18. The van der Waals surface area contributed by atoms with E-state index in [0.29, 0.717) is 5.82 Å². The molecular formula is C21H21N5OS. The molecule has 0 aliphatic carbocycles. The van der Waals surface area contributed by atoms with Crippen LogP contribution in [0.15, 0.2) is 48.1 Å². The molecule has 0 spiro atoms. The number of nitrogens with one attached hydrogen (secondary N) is 1. The van der Waals surface area contributed by atoms with E-state index in [2.05, 4.69) is 33.3 Å². The Labute approximate surface area is 167 Å². The molecule has 4 rings (SSSR count). The Morgan fingerprint density at radius 3 is 2.75 bits per heavy atom. The number of nitrogen functional groups attached to an aromatic ring is 1. The molecule has 142 valence electrons. The van der Waals surface area contributed by atoms with Gasteiger partial charge in [0.2, 0.25) is 0 Å². The third kappa shape index (κ3) is 3.61. The average molecular weight is 392 g/mol. The van der Waals surface area contributed by atoms with Crippen LogP contribution in [-0.2, 0) is 0 Å². The van der Waals surface area contributed by atoms with E-state index in [4.69, 9.17) is 10.5 Å². The molecule has 0 radical (unpaired) electrons. The van der Waals surface area contributed by atoms with Gasteiger partial charge in [0.05, 0.1) is 29.1 Å². The van der Waals surface area contributed by atoms with Gasteiger partial charge in [-0.15, -0.1) is 11.3 Å². The smallest absolute Gasteiger partial charge is 0.138 e. The summed E-state index contributed by atoms with van der Waals surface area (Å²) in [6.07, 6.45) is 1.86. The maximum atomic E-state index is 6.16. The fourth-order valence-corrected chi connectivity index (χ4v) is 3.79. The highest BCUT2D eigenvalue weighted by atomic mass is 32.1. The molecule has 7 heteroatoms. The molecule has 0 saturated heterocycles. The van der Waals surface area contributed by atoms with Gasteiger partial charge < -0.3 is 15.8 Å². The second kappa shape index (κ2) is 7.44. The van der Waals surface area contributed by atoms with Gasteiger partial charge in [-0.05, 0) is 61.4 Å². The Morgan fingerprint density at radius 2 is 2.00 bits per heavy atom. The third-order valence-electron chi connectivity index (χ3n) is 4.56. The van der Waals surface area contributed by atoms with Gasteiger partial charge in [-0.1, -0.05) is 0 Å². The van der Waals surface area contributed by atoms with E-state index < -0.39 is 0 Å². The molecular weight excluding hydrogens is 370 g/mol. The number of aromatic nitrogens is 3. The van der Waals surface area contributed by atoms with E-state index in [1.807, 2.05) is 49.0 Å². The Hall–Kier alpha value is -3.19. The molecule has 2 aromatic carbocycles. The molecule has 2 aromatic heterocycles. The molecule has 4 aromatic rings. The summed E-state index contributed by atoms with van der Waals surface area (Å²) in [4.78, 5) is 14.4. The van der Waals surface area contributed by atoms with Crippen molar-refractivity contribution in [3.05, 3.63) is 59.5 Å². The number of ether oxygens (including phenoxy) is 1. The number of hydrogen-bond acceptors (Lipinski definition) is 7. The van der Waals surface area contributed by atoms with Crippen molar-refractivity contribution in [1.82, 2.24) is 15.0 Å². The molecule has 0 amide bonds. The minimum absolute atomic E-state index is 0.00104. The first-order chi connectivity index (χ1) is 13.5. The minimum Gasteiger partial charge on any atom is -0.497 e. The number of anilines is 2. The molecule has 6 nitrogen and oxygen atoms in total. The Bertz CT molecular complexity index is 1130. The summed E-state index contributed by atoms with van der Waals surface area (Å²) < 4.78 is 5.37. The molecule has 0 unspecified atom stereocenters. The standard InChI is InChI=1S/C21H21N5OS/c1-12(14-6-15(8-16(22)7-14)20-10-23-11-28-20)24-21-18-9-17(27-3)4-5-19(18)25-13(2)26-21/h4-12H,22H2,1-3H3,(H,24,25,26)/t12-/m1/s1. The number of aryl methyl sites for hydroxylation is 1. The summed E-state index contributed by atoms with van der Waals surface area (Å²) in [5.74, 6) is 2.26. The fourth-order valence-electron chi connectivity index (χ4n) is 3.18. The van der Waals surface area contributed by atoms with Crippen LogP contribution in [0.25, 0.3) is 21.3 Å². The van der Waals surface area contributed by atoms with Gasteiger partial charge in [0.25, 0.3) is 0 Å². The van der Waals surface area contributed by atoms with Gasteiger partial charge in [-0.3, -0.25) is 4.98 Å². The first kappa shape index (κ1) is 18.2.